The van der Waals surface area contributed by atoms with Gasteiger partial charge in [0.05, 0.1) is 5.69 Å². The summed E-state index contributed by atoms with van der Waals surface area (Å²) in [7, 11) is 0. The Morgan fingerprint density at radius 2 is 1.57 bits per heavy atom. The van der Waals surface area contributed by atoms with Crippen molar-refractivity contribution in [2.24, 2.45) is 10.3 Å². The zero-order valence-corrected chi connectivity index (χ0v) is 17.4. The van der Waals surface area contributed by atoms with Gasteiger partial charge < -0.3 is 5.32 Å². The fourth-order valence-electron chi connectivity index (χ4n) is 3.08. The van der Waals surface area contributed by atoms with Crippen LogP contribution in [0.15, 0.2) is 67.8 Å². The topological polar surface area (TPSA) is 94.4 Å². The highest BCUT2D eigenvalue weighted by molar-refractivity contribution is 9.10. The molecule has 2 aromatic rings. The summed E-state index contributed by atoms with van der Waals surface area (Å²) in [5.74, 6) is -1.25. The summed E-state index contributed by atoms with van der Waals surface area (Å²) in [5, 5.41) is 11.8. The Balaban J connectivity index is 1.48. The maximum Gasteiger partial charge on any atom is 0.263 e. The number of carbonyl (C=O) groups is 3. The second kappa shape index (κ2) is 7.44. The Bertz CT molecular complexity index is 978. The van der Waals surface area contributed by atoms with Gasteiger partial charge in [0.25, 0.3) is 11.8 Å². The molecule has 142 valence electrons. The third kappa shape index (κ3) is 3.45. The number of rotatable bonds is 4. The summed E-state index contributed by atoms with van der Waals surface area (Å²) in [6, 6.07) is 12.1. The number of nitrogens with zero attached hydrogens (tertiary/aromatic N) is 4. The zero-order valence-electron chi connectivity index (χ0n) is 14.3. The smallest absolute Gasteiger partial charge is 0.263 e. The van der Waals surface area contributed by atoms with Crippen LogP contribution in [0.4, 0.5) is 11.4 Å². The van der Waals surface area contributed by atoms with E-state index in [1.165, 1.54) is 5.01 Å². The van der Waals surface area contributed by atoms with Gasteiger partial charge in [0, 0.05) is 14.6 Å². The number of hydrogen-bond acceptors (Lipinski definition) is 6. The third-order valence-corrected chi connectivity index (χ3v) is 5.43. The molecule has 1 saturated heterocycles. The monoisotopic (exact) mass is 505 g/mol. The standard InChI is InChI=1S/C18H13Br2N5O3/c19-10-1-5-12(6-2-10)21-14(26)9-24-16-15(22-23-24)17(27)25(18(16)28)13-7-3-11(20)4-8-13/h1-8,15-16H,9H2,(H,21,26)/t15-,16-/m1/s1. The van der Waals surface area contributed by atoms with Crippen LogP contribution in [0.25, 0.3) is 0 Å². The van der Waals surface area contributed by atoms with E-state index in [4.69, 9.17) is 0 Å². The first kappa shape index (κ1) is 18.8. The molecule has 0 radical (unpaired) electrons. The SMILES string of the molecule is O=C(CN1N=N[C@H]2C(=O)N(c3ccc(Br)cc3)C(=O)[C@@H]21)Nc1ccc(Br)cc1. The van der Waals surface area contributed by atoms with Gasteiger partial charge in [0.2, 0.25) is 5.91 Å². The Labute approximate surface area is 176 Å². The summed E-state index contributed by atoms with van der Waals surface area (Å²) in [5.41, 5.74) is 1.08. The van der Waals surface area contributed by atoms with Gasteiger partial charge in [0.15, 0.2) is 12.1 Å². The van der Waals surface area contributed by atoms with E-state index in [2.05, 4.69) is 47.5 Å². The van der Waals surface area contributed by atoms with Crippen molar-refractivity contribution < 1.29 is 14.4 Å². The van der Waals surface area contributed by atoms with Gasteiger partial charge in [0.1, 0.15) is 6.54 Å². The zero-order chi connectivity index (χ0) is 19.8. The number of imide groups is 1. The van der Waals surface area contributed by atoms with E-state index in [9.17, 15) is 14.4 Å². The molecule has 10 heteroatoms. The van der Waals surface area contributed by atoms with Crippen LogP contribution in [0.5, 0.6) is 0 Å². The quantitative estimate of drug-likeness (QED) is 0.644. The van der Waals surface area contributed by atoms with Crippen LogP contribution >= 0.6 is 31.9 Å². The molecule has 0 unspecified atom stereocenters. The first-order valence-corrected chi connectivity index (χ1v) is 9.89. The van der Waals surface area contributed by atoms with Crippen molar-refractivity contribution in [2.45, 2.75) is 12.1 Å². The van der Waals surface area contributed by atoms with E-state index in [-0.39, 0.29) is 12.5 Å². The van der Waals surface area contributed by atoms with Gasteiger partial charge in [-0.2, -0.15) is 5.11 Å². The van der Waals surface area contributed by atoms with Gasteiger partial charge in [-0.25, -0.2) is 4.90 Å². The molecular weight excluding hydrogens is 494 g/mol. The molecule has 2 atom stereocenters. The molecule has 3 amide bonds. The molecule has 4 rings (SSSR count). The fourth-order valence-corrected chi connectivity index (χ4v) is 3.61. The van der Waals surface area contributed by atoms with E-state index < -0.39 is 23.9 Å². The highest BCUT2D eigenvalue weighted by Crippen LogP contribution is 2.32. The third-order valence-electron chi connectivity index (χ3n) is 4.38. The Hall–Kier alpha value is -2.59. The molecule has 2 aromatic carbocycles. The van der Waals surface area contributed by atoms with Crippen LogP contribution in [0.1, 0.15) is 0 Å². The number of anilines is 2. The number of benzene rings is 2. The molecule has 0 aromatic heterocycles. The lowest BCUT2D eigenvalue weighted by Crippen LogP contribution is -2.43. The summed E-state index contributed by atoms with van der Waals surface area (Å²) < 4.78 is 1.73. The van der Waals surface area contributed by atoms with Crippen LogP contribution in [0.3, 0.4) is 0 Å². The molecule has 0 saturated carbocycles. The first-order valence-electron chi connectivity index (χ1n) is 8.30. The van der Waals surface area contributed by atoms with Crippen LogP contribution in [-0.2, 0) is 14.4 Å². The largest absolute Gasteiger partial charge is 0.324 e. The normalized spacial score (nSPS) is 20.6. The van der Waals surface area contributed by atoms with E-state index >= 15 is 0 Å². The molecule has 8 nitrogen and oxygen atoms in total. The molecule has 0 spiro atoms. The molecule has 1 N–H and O–H groups in total. The molecule has 0 aliphatic carbocycles. The maximum atomic E-state index is 12.9. The van der Waals surface area contributed by atoms with E-state index in [1.54, 1.807) is 48.5 Å². The number of hydrogen-bond donors (Lipinski definition) is 1. The van der Waals surface area contributed by atoms with Gasteiger partial charge in [-0.3, -0.25) is 19.4 Å². The molecule has 28 heavy (non-hydrogen) atoms. The van der Waals surface area contributed by atoms with Crippen LogP contribution < -0.4 is 10.2 Å². The average molecular weight is 507 g/mol. The van der Waals surface area contributed by atoms with Gasteiger partial charge in [-0.1, -0.05) is 37.1 Å². The maximum absolute atomic E-state index is 12.9. The van der Waals surface area contributed by atoms with Crippen molar-refractivity contribution in [1.82, 2.24) is 5.01 Å². The van der Waals surface area contributed by atoms with Gasteiger partial charge >= 0.3 is 0 Å². The number of halogens is 2. The fraction of sp³-hybridized carbons (Fsp3) is 0.167. The van der Waals surface area contributed by atoms with E-state index in [1.807, 2.05) is 0 Å². The molecule has 2 aliphatic heterocycles. The van der Waals surface area contributed by atoms with Gasteiger partial charge in [-0.15, -0.1) is 0 Å². The number of amides is 3. The second-order valence-electron chi connectivity index (χ2n) is 6.24. The van der Waals surface area contributed by atoms with Crippen molar-refractivity contribution in [3.05, 3.63) is 57.5 Å². The minimum Gasteiger partial charge on any atom is -0.324 e. The number of carbonyl (C=O) groups excluding carboxylic acids is 3. The predicted molar refractivity (Wildman–Crippen MR) is 109 cm³/mol. The van der Waals surface area contributed by atoms with Crippen molar-refractivity contribution in [3.63, 3.8) is 0 Å². The van der Waals surface area contributed by atoms with Crippen LogP contribution in [-0.4, -0.2) is 41.4 Å². The van der Waals surface area contributed by atoms with Gasteiger partial charge in [-0.05, 0) is 48.5 Å². The van der Waals surface area contributed by atoms with Crippen molar-refractivity contribution in [1.29, 1.82) is 0 Å². The van der Waals surface area contributed by atoms with E-state index in [0.29, 0.717) is 11.4 Å². The lowest BCUT2D eigenvalue weighted by molar-refractivity contribution is -0.123. The Morgan fingerprint density at radius 1 is 0.964 bits per heavy atom. The highest BCUT2D eigenvalue weighted by Gasteiger charge is 2.55. The summed E-state index contributed by atoms with van der Waals surface area (Å²) >= 11 is 6.65. The molecule has 2 heterocycles. The highest BCUT2D eigenvalue weighted by atomic mass is 79.9. The number of fused-ring (bicyclic) bond motifs is 1. The Kier molecular flexibility index (Phi) is 4.98. The minimum absolute atomic E-state index is 0.187. The van der Waals surface area contributed by atoms with Crippen molar-refractivity contribution in [3.8, 4) is 0 Å². The predicted octanol–water partition coefficient (Wildman–Crippen LogP) is 3.14. The van der Waals surface area contributed by atoms with Crippen molar-refractivity contribution >= 4 is 61.0 Å². The molecule has 1 fully saturated rings. The first-order chi connectivity index (χ1) is 13.4. The average Bonchev–Trinajstić information content (AvgIpc) is 3.18. The van der Waals surface area contributed by atoms with Crippen LogP contribution in [0, 0.1) is 0 Å². The summed E-state index contributed by atoms with van der Waals surface area (Å²) in [6.07, 6.45) is 0. The van der Waals surface area contributed by atoms with Crippen LogP contribution in [0.2, 0.25) is 0 Å². The lowest BCUT2D eigenvalue weighted by atomic mass is 10.1. The molecule has 0 bridgehead atoms. The minimum atomic E-state index is -0.934. The number of nitrogens with one attached hydrogen (secondary N) is 1. The Morgan fingerprint density at radius 3 is 2.21 bits per heavy atom. The van der Waals surface area contributed by atoms with E-state index in [0.717, 1.165) is 13.8 Å². The summed E-state index contributed by atoms with van der Waals surface area (Å²) in [4.78, 5) is 38.9. The molecular formula is C18H13Br2N5O3. The molecule has 2 aliphatic rings. The lowest BCUT2D eigenvalue weighted by Gasteiger charge is -2.20. The summed E-state index contributed by atoms with van der Waals surface area (Å²) in [6.45, 7) is -0.187. The van der Waals surface area contributed by atoms with Crippen molar-refractivity contribution in [2.75, 3.05) is 16.8 Å². The second-order valence-corrected chi connectivity index (χ2v) is 8.07.